The number of hydrogen-bond donors (Lipinski definition) is 0. The van der Waals surface area contributed by atoms with E-state index in [9.17, 15) is 0 Å². The van der Waals surface area contributed by atoms with E-state index >= 15 is 0 Å². The summed E-state index contributed by atoms with van der Waals surface area (Å²) >= 11 is 0. The normalized spacial score (nSPS) is 8.60. The van der Waals surface area contributed by atoms with Gasteiger partial charge >= 0.3 is 17.1 Å². The van der Waals surface area contributed by atoms with Gasteiger partial charge in [-0.25, -0.2) is 0 Å². The predicted octanol–water partition coefficient (Wildman–Crippen LogP) is 3.33. The van der Waals surface area contributed by atoms with E-state index in [2.05, 4.69) is 6.92 Å². The monoisotopic (exact) mass is 188 g/mol. The molecule has 0 nitrogen and oxygen atoms in total. The topological polar surface area (TPSA) is 0 Å². The minimum absolute atomic E-state index is 0. The van der Waals surface area contributed by atoms with E-state index in [0.29, 0.717) is 0 Å². The van der Waals surface area contributed by atoms with Crippen molar-refractivity contribution in [3.05, 3.63) is 12.2 Å². The number of unbranched alkanes of at least 4 members (excludes halogenated alkanes) is 3. The van der Waals surface area contributed by atoms with Gasteiger partial charge in [-0.05, 0) is 0 Å². The van der Waals surface area contributed by atoms with Crippen LogP contribution in [0.5, 0.6) is 0 Å². The van der Waals surface area contributed by atoms with Gasteiger partial charge in [-0.15, -0.1) is 0 Å². The first-order valence-corrected chi connectivity index (χ1v) is 3.85. The second-order valence-electron chi connectivity index (χ2n) is 2.66. The third-order valence-electron chi connectivity index (χ3n) is 1.42. The van der Waals surface area contributed by atoms with Crippen LogP contribution in [0.15, 0.2) is 5.57 Å². The molecule has 0 aromatic heterocycles. The maximum absolute atomic E-state index is 5.49. The van der Waals surface area contributed by atoms with E-state index in [0.717, 1.165) is 12.0 Å². The van der Waals surface area contributed by atoms with Crippen LogP contribution in [0.3, 0.4) is 0 Å². The van der Waals surface area contributed by atoms with Gasteiger partial charge in [0.2, 0.25) is 0 Å². The SMILES string of the molecule is [CH-]=C(C)CCCCCC.[Cu+]. The Morgan fingerprint density at radius 1 is 1.20 bits per heavy atom. The van der Waals surface area contributed by atoms with Crippen LogP contribution in [0, 0.1) is 6.58 Å². The van der Waals surface area contributed by atoms with Gasteiger partial charge in [0.15, 0.2) is 0 Å². The maximum Gasteiger partial charge on any atom is 1.00 e. The minimum atomic E-state index is 0. The maximum atomic E-state index is 5.49. The zero-order chi connectivity index (χ0) is 7.11. The quantitative estimate of drug-likeness (QED) is 0.353. The van der Waals surface area contributed by atoms with Gasteiger partial charge in [0, 0.05) is 0 Å². The van der Waals surface area contributed by atoms with Crippen LogP contribution < -0.4 is 0 Å². The molecule has 0 fully saturated rings. The molecule has 0 radical (unpaired) electrons. The molecule has 0 aliphatic carbocycles. The fourth-order valence-corrected chi connectivity index (χ4v) is 0.831. The standard InChI is InChI=1S/C9H17.Cu/c1-4-5-6-7-8-9(2)3;/h2H,4-8H2,1,3H3;/q-1;+1. The first-order valence-electron chi connectivity index (χ1n) is 3.85. The van der Waals surface area contributed by atoms with Crippen molar-refractivity contribution < 1.29 is 17.1 Å². The summed E-state index contributed by atoms with van der Waals surface area (Å²) in [4.78, 5) is 0. The van der Waals surface area contributed by atoms with Crippen LogP contribution in [0.4, 0.5) is 0 Å². The van der Waals surface area contributed by atoms with Gasteiger partial charge < -0.3 is 6.58 Å². The molecule has 0 saturated heterocycles. The summed E-state index contributed by atoms with van der Waals surface area (Å²) in [6, 6.07) is 0. The smallest absolute Gasteiger partial charge is 0.515 e. The van der Waals surface area contributed by atoms with E-state index < -0.39 is 0 Å². The van der Waals surface area contributed by atoms with Crippen molar-refractivity contribution in [1.29, 1.82) is 0 Å². The second-order valence-corrected chi connectivity index (χ2v) is 2.66. The number of rotatable bonds is 5. The van der Waals surface area contributed by atoms with E-state index in [-0.39, 0.29) is 17.1 Å². The zero-order valence-corrected chi connectivity index (χ0v) is 7.86. The van der Waals surface area contributed by atoms with Crippen LogP contribution in [-0.4, -0.2) is 0 Å². The Morgan fingerprint density at radius 3 is 2.20 bits per heavy atom. The van der Waals surface area contributed by atoms with Gasteiger partial charge in [0.05, 0.1) is 0 Å². The first-order chi connectivity index (χ1) is 4.27. The van der Waals surface area contributed by atoms with Crippen LogP contribution >= 0.6 is 0 Å². The molecular formula is C9H17Cu. The van der Waals surface area contributed by atoms with Crippen molar-refractivity contribution in [2.24, 2.45) is 0 Å². The van der Waals surface area contributed by atoms with E-state index in [1.54, 1.807) is 0 Å². The van der Waals surface area contributed by atoms with Crippen LogP contribution in [0.2, 0.25) is 0 Å². The van der Waals surface area contributed by atoms with Crippen LogP contribution in [0.25, 0.3) is 0 Å². The van der Waals surface area contributed by atoms with Gasteiger partial charge in [0.1, 0.15) is 0 Å². The van der Waals surface area contributed by atoms with Crippen LogP contribution in [-0.2, 0) is 17.1 Å². The van der Waals surface area contributed by atoms with Crippen molar-refractivity contribution in [1.82, 2.24) is 0 Å². The Hall–Kier alpha value is 0.259. The largest absolute Gasteiger partial charge is 1.00 e. The molecule has 0 unspecified atom stereocenters. The second kappa shape index (κ2) is 9.26. The van der Waals surface area contributed by atoms with Gasteiger partial charge in [-0.3, -0.25) is 5.57 Å². The third-order valence-corrected chi connectivity index (χ3v) is 1.42. The van der Waals surface area contributed by atoms with Gasteiger partial charge in [-0.1, -0.05) is 46.0 Å². The Balaban J connectivity index is 0. The van der Waals surface area contributed by atoms with Crippen molar-refractivity contribution >= 4 is 0 Å². The van der Waals surface area contributed by atoms with Crippen molar-refractivity contribution in [2.45, 2.75) is 46.0 Å². The third kappa shape index (κ3) is 11.1. The molecule has 0 aromatic rings. The molecule has 0 aromatic carbocycles. The van der Waals surface area contributed by atoms with E-state index in [4.69, 9.17) is 6.58 Å². The molecule has 0 spiro atoms. The molecule has 0 amide bonds. The van der Waals surface area contributed by atoms with E-state index in [1.807, 2.05) is 6.92 Å². The Morgan fingerprint density at radius 2 is 1.80 bits per heavy atom. The molecular weight excluding hydrogens is 172 g/mol. The average molecular weight is 189 g/mol. The van der Waals surface area contributed by atoms with Crippen molar-refractivity contribution in [2.75, 3.05) is 0 Å². The van der Waals surface area contributed by atoms with Crippen LogP contribution in [0.1, 0.15) is 46.0 Å². The molecule has 64 valence electrons. The Bertz CT molecular complexity index is 76.8. The molecule has 0 heterocycles. The summed E-state index contributed by atoms with van der Waals surface area (Å²) in [5.74, 6) is 0. The fraction of sp³-hybridized carbons (Fsp3) is 0.778. The van der Waals surface area contributed by atoms with Crippen molar-refractivity contribution in [3.63, 3.8) is 0 Å². The Kier molecular flexibility index (Phi) is 11.9. The van der Waals surface area contributed by atoms with Gasteiger partial charge in [-0.2, -0.15) is 0 Å². The van der Waals surface area contributed by atoms with Crippen molar-refractivity contribution in [3.8, 4) is 0 Å². The average Bonchev–Trinajstić information content (AvgIpc) is 1.80. The molecule has 1 heteroatoms. The van der Waals surface area contributed by atoms with E-state index in [1.165, 1.54) is 25.7 Å². The Labute approximate surface area is 75.6 Å². The summed E-state index contributed by atoms with van der Waals surface area (Å²) in [5.41, 5.74) is 1.08. The fourth-order valence-electron chi connectivity index (χ4n) is 0.831. The molecule has 0 N–H and O–H groups in total. The van der Waals surface area contributed by atoms with Gasteiger partial charge in [0.25, 0.3) is 0 Å². The molecule has 0 atom stereocenters. The summed E-state index contributed by atoms with van der Waals surface area (Å²) in [5, 5.41) is 0. The number of hydrogen-bond acceptors (Lipinski definition) is 0. The number of allylic oxidation sites excluding steroid dienone is 1. The zero-order valence-electron chi connectivity index (χ0n) is 6.91. The summed E-state index contributed by atoms with van der Waals surface area (Å²) in [6.45, 7) is 9.70. The molecule has 10 heavy (non-hydrogen) atoms. The summed E-state index contributed by atoms with van der Waals surface area (Å²) in [7, 11) is 0. The molecule has 0 saturated carbocycles. The first kappa shape index (κ1) is 12.9. The molecule has 0 bridgehead atoms. The summed E-state index contributed by atoms with van der Waals surface area (Å²) < 4.78 is 0. The molecule has 0 aliphatic rings. The molecule has 0 aliphatic heterocycles. The molecule has 0 rings (SSSR count). The predicted molar refractivity (Wildman–Crippen MR) is 42.2 cm³/mol. The minimum Gasteiger partial charge on any atom is -0.515 e. The summed E-state index contributed by atoms with van der Waals surface area (Å²) in [6.07, 6.45) is 6.39.